The molecule has 0 radical (unpaired) electrons. The maximum absolute atomic E-state index is 12.2. The number of nitrogens with zero attached hydrogens (tertiary/aromatic N) is 1. The number of sulfonamides is 1. The summed E-state index contributed by atoms with van der Waals surface area (Å²) in [6.07, 6.45) is 9.20. The average molecular weight is 531 g/mol. The minimum Gasteiger partial charge on any atom is -0.377 e. The van der Waals surface area contributed by atoms with Gasteiger partial charge in [0.1, 0.15) is 0 Å². The Balaban J connectivity index is 0.00000392. The zero-order chi connectivity index (χ0) is 19.5. The predicted molar refractivity (Wildman–Crippen MR) is 126 cm³/mol. The van der Waals surface area contributed by atoms with Gasteiger partial charge in [-0.15, -0.1) is 24.0 Å². The van der Waals surface area contributed by atoms with E-state index < -0.39 is 10.0 Å². The topological polar surface area (TPSA) is 91.8 Å². The van der Waals surface area contributed by atoms with E-state index in [1.807, 2.05) is 6.92 Å². The van der Waals surface area contributed by atoms with E-state index in [2.05, 4.69) is 27.3 Å². The molecule has 2 aliphatic rings. The first kappa shape index (κ1) is 25.9. The fourth-order valence-corrected chi connectivity index (χ4v) is 4.68. The molecule has 1 aliphatic carbocycles. The van der Waals surface area contributed by atoms with Crippen molar-refractivity contribution in [3.05, 3.63) is 0 Å². The summed E-state index contributed by atoms with van der Waals surface area (Å²) in [7, 11) is -3.33. The smallest absolute Gasteiger partial charge is 0.213 e. The van der Waals surface area contributed by atoms with Gasteiger partial charge in [-0.05, 0) is 57.8 Å². The zero-order valence-electron chi connectivity index (χ0n) is 17.4. The first-order valence-electron chi connectivity index (χ1n) is 10.7. The van der Waals surface area contributed by atoms with E-state index in [4.69, 9.17) is 4.74 Å². The maximum atomic E-state index is 12.2. The van der Waals surface area contributed by atoms with Gasteiger partial charge in [0.05, 0.1) is 18.4 Å². The fourth-order valence-electron chi connectivity index (χ4n) is 3.77. The van der Waals surface area contributed by atoms with Gasteiger partial charge in [-0.2, -0.15) is 0 Å². The lowest BCUT2D eigenvalue weighted by atomic mass is 9.84. The van der Waals surface area contributed by atoms with Gasteiger partial charge >= 0.3 is 0 Å². The van der Waals surface area contributed by atoms with E-state index >= 15 is 0 Å². The minimum atomic E-state index is -3.33. The average Bonchev–Trinajstić information content (AvgIpc) is 2.68. The Morgan fingerprint density at radius 1 is 1.11 bits per heavy atom. The van der Waals surface area contributed by atoms with E-state index in [9.17, 15) is 8.42 Å². The SMILES string of the molecule is CCNC(=NCCS(=O)(=O)NCC1CCCCO1)NC1CCC(CC)CC1.I. The van der Waals surface area contributed by atoms with Crippen LogP contribution in [-0.2, 0) is 14.8 Å². The molecule has 7 nitrogen and oxygen atoms in total. The lowest BCUT2D eigenvalue weighted by molar-refractivity contribution is 0.0200. The third-order valence-electron chi connectivity index (χ3n) is 5.54. The van der Waals surface area contributed by atoms with Crippen molar-refractivity contribution in [1.29, 1.82) is 0 Å². The molecule has 0 spiro atoms. The summed E-state index contributed by atoms with van der Waals surface area (Å²) in [6, 6.07) is 0.434. The Kier molecular flexibility index (Phi) is 12.9. The molecule has 2 fully saturated rings. The summed E-state index contributed by atoms with van der Waals surface area (Å²) in [6.45, 7) is 6.40. The van der Waals surface area contributed by atoms with Crippen LogP contribution in [0.15, 0.2) is 4.99 Å². The van der Waals surface area contributed by atoms with Crippen molar-refractivity contribution in [2.24, 2.45) is 10.9 Å². The van der Waals surface area contributed by atoms with Crippen molar-refractivity contribution in [3.8, 4) is 0 Å². The summed E-state index contributed by atoms with van der Waals surface area (Å²) in [5.74, 6) is 1.58. The molecular weight excluding hydrogens is 491 g/mol. The highest BCUT2D eigenvalue weighted by Crippen LogP contribution is 2.26. The highest BCUT2D eigenvalue weighted by atomic mass is 127. The second-order valence-corrected chi connectivity index (χ2v) is 9.61. The van der Waals surface area contributed by atoms with Crippen LogP contribution in [0.4, 0.5) is 0 Å². The highest BCUT2D eigenvalue weighted by Gasteiger charge is 2.21. The zero-order valence-corrected chi connectivity index (χ0v) is 20.6. The molecule has 3 N–H and O–H groups in total. The summed E-state index contributed by atoms with van der Waals surface area (Å²) in [5.41, 5.74) is 0. The normalized spacial score (nSPS) is 26.4. The van der Waals surface area contributed by atoms with Crippen LogP contribution in [0.5, 0.6) is 0 Å². The Bertz CT molecular complexity index is 545. The Morgan fingerprint density at radius 2 is 1.86 bits per heavy atom. The van der Waals surface area contributed by atoms with Gasteiger partial charge in [0.15, 0.2) is 5.96 Å². The second kappa shape index (κ2) is 14.0. The van der Waals surface area contributed by atoms with Crippen LogP contribution in [0.3, 0.4) is 0 Å². The molecule has 0 aromatic carbocycles. The predicted octanol–water partition coefficient (Wildman–Crippen LogP) is 2.62. The van der Waals surface area contributed by atoms with Gasteiger partial charge in [0.2, 0.25) is 10.0 Å². The van der Waals surface area contributed by atoms with E-state index in [0.29, 0.717) is 12.6 Å². The number of guanidine groups is 1. The lowest BCUT2D eigenvalue weighted by Crippen LogP contribution is -2.45. The number of halogens is 1. The van der Waals surface area contributed by atoms with Crippen molar-refractivity contribution in [1.82, 2.24) is 15.4 Å². The minimum absolute atomic E-state index is 0. The summed E-state index contributed by atoms with van der Waals surface area (Å²) < 4.78 is 32.6. The molecule has 0 amide bonds. The van der Waals surface area contributed by atoms with Crippen LogP contribution in [0.25, 0.3) is 0 Å². The summed E-state index contributed by atoms with van der Waals surface area (Å²) in [4.78, 5) is 4.47. The van der Waals surface area contributed by atoms with Gasteiger partial charge in [-0.3, -0.25) is 4.99 Å². The third-order valence-corrected chi connectivity index (χ3v) is 6.87. The van der Waals surface area contributed by atoms with E-state index in [1.165, 1.54) is 19.3 Å². The molecular formula is C19H39IN4O3S. The van der Waals surface area contributed by atoms with Crippen LogP contribution < -0.4 is 15.4 Å². The molecule has 1 heterocycles. The van der Waals surface area contributed by atoms with Crippen LogP contribution >= 0.6 is 24.0 Å². The quantitative estimate of drug-likeness (QED) is 0.242. The number of ether oxygens (including phenoxy) is 1. The second-order valence-electron chi connectivity index (χ2n) is 7.69. The third kappa shape index (κ3) is 10.1. The van der Waals surface area contributed by atoms with Gasteiger partial charge in [-0.1, -0.05) is 13.3 Å². The molecule has 1 saturated heterocycles. The molecule has 0 bridgehead atoms. The molecule has 1 saturated carbocycles. The number of nitrogens with one attached hydrogen (secondary N) is 3. The summed E-state index contributed by atoms with van der Waals surface area (Å²) >= 11 is 0. The van der Waals surface area contributed by atoms with E-state index in [-0.39, 0.29) is 42.4 Å². The number of aliphatic imine (C=N–C) groups is 1. The van der Waals surface area contributed by atoms with Crippen molar-refractivity contribution in [2.45, 2.75) is 77.4 Å². The van der Waals surface area contributed by atoms with E-state index in [1.54, 1.807) is 0 Å². The Labute approximate surface area is 188 Å². The van der Waals surface area contributed by atoms with Gasteiger partial charge in [0.25, 0.3) is 0 Å². The number of hydrogen-bond acceptors (Lipinski definition) is 4. The number of rotatable bonds is 9. The first-order valence-corrected chi connectivity index (χ1v) is 12.3. The molecule has 0 aromatic rings. The maximum Gasteiger partial charge on any atom is 0.213 e. The van der Waals surface area contributed by atoms with Crippen LogP contribution in [-0.4, -0.2) is 58.5 Å². The van der Waals surface area contributed by atoms with Crippen LogP contribution in [0.2, 0.25) is 0 Å². The first-order chi connectivity index (χ1) is 13.0. The monoisotopic (exact) mass is 530 g/mol. The molecule has 28 heavy (non-hydrogen) atoms. The Hall–Kier alpha value is -0.130. The van der Waals surface area contributed by atoms with E-state index in [0.717, 1.165) is 57.1 Å². The Morgan fingerprint density at radius 3 is 2.46 bits per heavy atom. The van der Waals surface area contributed by atoms with Crippen molar-refractivity contribution >= 4 is 40.0 Å². The molecule has 1 aliphatic heterocycles. The molecule has 1 atom stereocenters. The van der Waals surface area contributed by atoms with Crippen LogP contribution in [0, 0.1) is 5.92 Å². The molecule has 1 unspecified atom stereocenters. The molecule has 9 heteroatoms. The van der Waals surface area contributed by atoms with Crippen molar-refractivity contribution in [3.63, 3.8) is 0 Å². The van der Waals surface area contributed by atoms with Crippen molar-refractivity contribution < 1.29 is 13.2 Å². The van der Waals surface area contributed by atoms with Crippen molar-refractivity contribution in [2.75, 3.05) is 32.0 Å². The highest BCUT2D eigenvalue weighted by molar-refractivity contribution is 14.0. The summed E-state index contributed by atoms with van der Waals surface area (Å²) in [5, 5.41) is 6.70. The lowest BCUT2D eigenvalue weighted by Gasteiger charge is -2.29. The molecule has 0 aromatic heterocycles. The standard InChI is InChI=1S/C19H38N4O3S.HI/c1-3-16-8-10-17(11-9-16)23-19(20-4-2)21-12-14-27(24,25)22-15-18-7-5-6-13-26-18;/h16-18,22H,3-15H2,1-2H3,(H2,20,21,23);1H. The van der Waals surface area contributed by atoms with Gasteiger partial charge in [0, 0.05) is 25.7 Å². The van der Waals surface area contributed by atoms with Gasteiger partial charge in [-0.25, -0.2) is 13.1 Å². The largest absolute Gasteiger partial charge is 0.377 e. The number of hydrogen-bond donors (Lipinski definition) is 3. The fraction of sp³-hybridized carbons (Fsp3) is 0.947. The van der Waals surface area contributed by atoms with Gasteiger partial charge < -0.3 is 15.4 Å². The molecule has 2 rings (SSSR count). The molecule has 166 valence electrons. The van der Waals surface area contributed by atoms with Crippen LogP contribution in [0.1, 0.15) is 65.2 Å².